The van der Waals surface area contributed by atoms with E-state index in [-0.39, 0.29) is 6.10 Å². The number of rotatable bonds is 7. The molecule has 2 nitrogen and oxygen atoms in total. The van der Waals surface area contributed by atoms with E-state index in [2.05, 4.69) is 11.6 Å². The van der Waals surface area contributed by atoms with Gasteiger partial charge in [0.05, 0.1) is 6.10 Å². The van der Waals surface area contributed by atoms with E-state index in [9.17, 15) is 5.11 Å². The van der Waals surface area contributed by atoms with Crippen LogP contribution in [0, 0.1) is 6.92 Å². The van der Waals surface area contributed by atoms with Crippen LogP contribution in [0.15, 0.2) is 31.1 Å². The van der Waals surface area contributed by atoms with Crippen molar-refractivity contribution in [3.63, 3.8) is 0 Å². The zero-order valence-electron chi connectivity index (χ0n) is 10.0. The third-order valence-corrected chi connectivity index (χ3v) is 2.82. The SMILES string of the molecule is C=CCCCCCC(O)c1cnccc1C. The molecule has 1 aromatic rings. The van der Waals surface area contributed by atoms with E-state index in [4.69, 9.17) is 0 Å². The minimum atomic E-state index is -0.363. The summed E-state index contributed by atoms with van der Waals surface area (Å²) >= 11 is 0. The highest BCUT2D eigenvalue weighted by Gasteiger charge is 2.09. The molecule has 1 atom stereocenters. The molecule has 0 radical (unpaired) electrons. The van der Waals surface area contributed by atoms with Crippen LogP contribution in [0.4, 0.5) is 0 Å². The van der Waals surface area contributed by atoms with Crippen LogP contribution in [0.3, 0.4) is 0 Å². The molecule has 1 N–H and O–H groups in total. The van der Waals surface area contributed by atoms with Crippen LogP contribution in [-0.2, 0) is 0 Å². The van der Waals surface area contributed by atoms with Gasteiger partial charge in [0, 0.05) is 18.0 Å². The van der Waals surface area contributed by atoms with E-state index in [0.29, 0.717) is 0 Å². The molecule has 0 bridgehead atoms. The summed E-state index contributed by atoms with van der Waals surface area (Å²) in [6.07, 6.45) is 10.4. The summed E-state index contributed by atoms with van der Waals surface area (Å²) in [7, 11) is 0. The molecule has 88 valence electrons. The predicted octanol–water partition coefficient (Wildman–Crippen LogP) is 3.56. The number of nitrogens with zero attached hydrogens (tertiary/aromatic N) is 1. The summed E-state index contributed by atoms with van der Waals surface area (Å²) in [5, 5.41) is 10.00. The van der Waals surface area contributed by atoms with Crippen LogP contribution < -0.4 is 0 Å². The topological polar surface area (TPSA) is 33.1 Å². The number of hydrogen-bond acceptors (Lipinski definition) is 2. The van der Waals surface area contributed by atoms with E-state index >= 15 is 0 Å². The van der Waals surface area contributed by atoms with E-state index < -0.39 is 0 Å². The largest absolute Gasteiger partial charge is 0.388 e. The lowest BCUT2D eigenvalue weighted by molar-refractivity contribution is 0.162. The zero-order valence-corrected chi connectivity index (χ0v) is 10.0. The van der Waals surface area contributed by atoms with Gasteiger partial charge in [0.15, 0.2) is 0 Å². The molecule has 1 aromatic heterocycles. The Morgan fingerprint density at radius 3 is 2.94 bits per heavy atom. The minimum absolute atomic E-state index is 0.363. The average molecular weight is 219 g/mol. The number of aryl methyl sites for hydroxylation is 1. The molecular formula is C14H21NO. The Labute approximate surface area is 98.0 Å². The first-order chi connectivity index (χ1) is 7.75. The molecule has 1 unspecified atom stereocenters. The number of aromatic nitrogens is 1. The van der Waals surface area contributed by atoms with Crippen LogP contribution in [-0.4, -0.2) is 10.1 Å². The van der Waals surface area contributed by atoms with Gasteiger partial charge >= 0.3 is 0 Å². The first-order valence-corrected chi connectivity index (χ1v) is 5.95. The molecule has 0 aromatic carbocycles. The smallest absolute Gasteiger partial charge is 0.0807 e. The molecule has 0 saturated carbocycles. The third-order valence-electron chi connectivity index (χ3n) is 2.82. The van der Waals surface area contributed by atoms with Crippen molar-refractivity contribution in [1.29, 1.82) is 0 Å². The number of allylic oxidation sites excluding steroid dienone is 1. The third kappa shape index (κ3) is 4.15. The molecule has 2 heteroatoms. The summed E-state index contributed by atoms with van der Waals surface area (Å²) < 4.78 is 0. The maximum Gasteiger partial charge on any atom is 0.0807 e. The number of pyridine rings is 1. The highest BCUT2D eigenvalue weighted by Crippen LogP contribution is 2.21. The van der Waals surface area contributed by atoms with Crippen molar-refractivity contribution in [3.8, 4) is 0 Å². The van der Waals surface area contributed by atoms with Gasteiger partial charge in [-0.25, -0.2) is 0 Å². The van der Waals surface area contributed by atoms with Crippen LogP contribution >= 0.6 is 0 Å². The summed E-state index contributed by atoms with van der Waals surface area (Å²) in [6, 6.07) is 1.94. The molecule has 1 heterocycles. The van der Waals surface area contributed by atoms with Gasteiger partial charge in [-0.05, 0) is 37.8 Å². The predicted molar refractivity (Wildman–Crippen MR) is 67.2 cm³/mol. The lowest BCUT2D eigenvalue weighted by atomic mass is 10.0. The zero-order chi connectivity index (χ0) is 11.8. The molecule has 0 fully saturated rings. The minimum Gasteiger partial charge on any atom is -0.388 e. The normalized spacial score (nSPS) is 12.4. The van der Waals surface area contributed by atoms with E-state index in [1.165, 1.54) is 6.42 Å². The van der Waals surface area contributed by atoms with Crippen LogP contribution in [0.2, 0.25) is 0 Å². The van der Waals surface area contributed by atoms with Crippen LogP contribution in [0.5, 0.6) is 0 Å². The fourth-order valence-electron chi connectivity index (χ4n) is 1.78. The Kier molecular flexibility index (Phi) is 5.79. The Morgan fingerprint density at radius 2 is 2.25 bits per heavy atom. The summed E-state index contributed by atoms with van der Waals surface area (Å²) in [5.41, 5.74) is 2.08. The highest BCUT2D eigenvalue weighted by atomic mass is 16.3. The Bertz CT molecular complexity index is 322. The number of aliphatic hydroxyl groups excluding tert-OH is 1. The lowest BCUT2D eigenvalue weighted by Crippen LogP contribution is -2.00. The van der Waals surface area contributed by atoms with Gasteiger partial charge in [0.2, 0.25) is 0 Å². The van der Waals surface area contributed by atoms with Gasteiger partial charge in [0.25, 0.3) is 0 Å². The summed E-state index contributed by atoms with van der Waals surface area (Å²) in [5.74, 6) is 0. The molecule has 0 aliphatic heterocycles. The van der Waals surface area contributed by atoms with Crippen molar-refractivity contribution in [1.82, 2.24) is 4.98 Å². The summed E-state index contributed by atoms with van der Waals surface area (Å²) in [6.45, 7) is 5.71. The molecule has 0 amide bonds. The van der Waals surface area contributed by atoms with E-state index in [0.717, 1.165) is 36.8 Å². The van der Waals surface area contributed by atoms with Crippen molar-refractivity contribution in [2.24, 2.45) is 0 Å². The second-order valence-electron chi connectivity index (χ2n) is 4.17. The van der Waals surface area contributed by atoms with Gasteiger partial charge in [-0.15, -0.1) is 6.58 Å². The van der Waals surface area contributed by atoms with Gasteiger partial charge in [-0.1, -0.05) is 18.9 Å². The van der Waals surface area contributed by atoms with E-state index in [1.807, 2.05) is 19.1 Å². The van der Waals surface area contributed by atoms with Gasteiger partial charge in [-0.2, -0.15) is 0 Å². The van der Waals surface area contributed by atoms with Gasteiger partial charge in [-0.3, -0.25) is 4.98 Å². The quantitative estimate of drug-likeness (QED) is 0.562. The summed E-state index contributed by atoms with van der Waals surface area (Å²) in [4.78, 5) is 4.05. The van der Waals surface area contributed by atoms with E-state index in [1.54, 1.807) is 12.4 Å². The second-order valence-corrected chi connectivity index (χ2v) is 4.17. The Morgan fingerprint density at radius 1 is 1.44 bits per heavy atom. The maximum absolute atomic E-state index is 10.00. The Balaban J connectivity index is 2.32. The van der Waals surface area contributed by atoms with Crippen molar-refractivity contribution >= 4 is 0 Å². The standard InChI is InChI=1S/C14H21NO/c1-3-4-5-6-7-8-14(16)13-11-15-10-9-12(13)2/h3,9-11,14,16H,1,4-8H2,2H3. The molecular weight excluding hydrogens is 198 g/mol. The molecule has 0 aliphatic carbocycles. The average Bonchev–Trinajstić information content (AvgIpc) is 2.29. The fourth-order valence-corrected chi connectivity index (χ4v) is 1.78. The maximum atomic E-state index is 10.00. The second kappa shape index (κ2) is 7.18. The van der Waals surface area contributed by atoms with Crippen molar-refractivity contribution in [3.05, 3.63) is 42.2 Å². The van der Waals surface area contributed by atoms with Crippen LogP contribution in [0.1, 0.15) is 49.3 Å². The Hall–Kier alpha value is -1.15. The molecule has 0 spiro atoms. The highest BCUT2D eigenvalue weighted by molar-refractivity contribution is 5.23. The lowest BCUT2D eigenvalue weighted by Gasteiger charge is -2.12. The van der Waals surface area contributed by atoms with Crippen LogP contribution in [0.25, 0.3) is 0 Å². The van der Waals surface area contributed by atoms with Crippen molar-refractivity contribution in [2.45, 2.75) is 45.1 Å². The van der Waals surface area contributed by atoms with Gasteiger partial charge in [0.1, 0.15) is 0 Å². The van der Waals surface area contributed by atoms with Crippen molar-refractivity contribution in [2.75, 3.05) is 0 Å². The number of hydrogen-bond donors (Lipinski definition) is 1. The number of unbranched alkanes of at least 4 members (excludes halogenated alkanes) is 3. The fraction of sp³-hybridized carbons (Fsp3) is 0.500. The van der Waals surface area contributed by atoms with Gasteiger partial charge < -0.3 is 5.11 Å². The monoisotopic (exact) mass is 219 g/mol. The molecule has 0 saturated heterocycles. The van der Waals surface area contributed by atoms with Crippen molar-refractivity contribution < 1.29 is 5.11 Å². The first-order valence-electron chi connectivity index (χ1n) is 5.95. The molecule has 0 aliphatic rings. The first kappa shape index (κ1) is 12.9. The molecule has 1 rings (SSSR count). The number of aliphatic hydroxyl groups is 1. The molecule has 16 heavy (non-hydrogen) atoms.